The van der Waals surface area contributed by atoms with E-state index >= 15 is 0 Å². The zero-order chi connectivity index (χ0) is 19.0. The average Bonchev–Trinajstić information content (AvgIpc) is 3.23. The Morgan fingerprint density at radius 3 is 2.36 bits per heavy atom. The molecule has 0 saturated heterocycles. The van der Waals surface area contributed by atoms with Crippen molar-refractivity contribution in [2.24, 2.45) is 0 Å². The fraction of sp³-hybridized carbons (Fsp3) is 0.120. The summed E-state index contributed by atoms with van der Waals surface area (Å²) in [5.41, 5.74) is 6.62. The second-order valence-corrected chi connectivity index (χ2v) is 9.76. The molecule has 0 fully saturated rings. The summed E-state index contributed by atoms with van der Waals surface area (Å²) in [5, 5.41) is 4.01. The van der Waals surface area contributed by atoms with Crippen LogP contribution in [0.3, 0.4) is 0 Å². The van der Waals surface area contributed by atoms with Gasteiger partial charge in [0.1, 0.15) is 5.00 Å². The number of hydrogen-bond acceptors (Lipinski definition) is 1. The van der Waals surface area contributed by atoms with Crippen LogP contribution in [0.15, 0.2) is 77.3 Å². The molecule has 0 atom stereocenters. The van der Waals surface area contributed by atoms with Gasteiger partial charge in [0.05, 0.1) is 15.9 Å². The molecule has 0 saturated carbocycles. The Kier molecular flexibility index (Phi) is 3.31. The first-order valence-corrected chi connectivity index (χ1v) is 11.1. The Labute approximate surface area is 176 Å². The SMILES string of the molecule is CC1(C)c2c(sc(-c3ccccc3)c2Br)-n2c3ccccc3c3cccc1c32. The minimum atomic E-state index is -0.0679. The monoisotopic (exact) mass is 443 g/mol. The highest BCUT2D eigenvalue weighted by Gasteiger charge is 2.39. The molecular formula is C25H18BrNS. The van der Waals surface area contributed by atoms with Gasteiger partial charge < -0.3 is 4.57 Å². The van der Waals surface area contributed by atoms with Crippen molar-refractivity contribution >= 4 is 49.1 Å². The molecule has 1 aliphatic heterocycles. The molecule has 0 spiro atoms. The van der Waals surface area contributed by atoms with E-state index < -0.39 is 0 Å². The van der Waals surface area contributed by atoms with Gasteiger partial charge in [-0.15, -0.1) is 11.3 Å². The fourth-order valence-corrected chi connectivity index (χ4v) is 7.41. The molecule has 3 heterocycles. The molecule has 3 heteroatoms. The summed E-state index contributed by atoms with van der Waals surface area (Å²) in [7, 11) is 0. The van der Waals surface area contributed by atoms with Gasteiger partial charge >= 0.3 is 0 Å². The highest BCUT2D eigenvalue weighted by Crippen LogP contribution is 2.55. The van der Waals surface area contributed by atoms with Gasteiger partial charge in [-0.1, -0.05) is 80.6 Å². The first kappa shape index (κ1) is 16.6. The van der Waals surface area contributed by atoms with Crippen LogP contribution in [-0.4, -0.2) is 4.57 Å². The predicted octanol–water partition coefficient (Wildman–Crippen LogP) is 7.91. The van der Waals surface area contributed by atoms with Crippen LogP contribution in [-0.2, 0) is 5.41 Å². The maximum absolute atomic E-state index is 4.00. The van der Waals surface area contributed by atoms with Crippen molar-refractivity contribution in [3.63, 3.8) is 0 Å². The molecule has 2 aromatic heterocycles. The minimum absolute atomic E-state index is 0.0679. The van der Waals surface area contributed by atoms with Gasteiger partial charge in [0.2, 0.25) is 0 Å². The molecule has 0 unspecified atom stereocenters. The third kappa shape index (κ3) is 1.96. The summed E-state index contributed by atoms with van der Waals surface area (Å²) in [6, 6.07) is 26.3. The van der Waals surface area contributed by atoms with Gasteiger partial charge in [-0.25, -0.2) is 0 Å². The second-order valence-electron chi connectivity index (χ2n) is 7.97. The molecule has 28 heavy (non-hydrogen) atoms. The van der Waals surface area contributed by atoms with Crippen LogP contribution in [0.2, 0.25) is 0 Å². The van der Waals surface area contributed by atoms with E-state index in [9.17, 15) is 0 Å². The zero-order valence-electron chi connectivity index (χ0n) is 15.7. The van der Waals surface area contributed by atoms with Crippen molar-refractivity contribution in [2.75, 3.05) is 0 Å². The normalized spacial score (nSPS) is 14.5. The molecule has 5 aromatic rings. The zero-order valence-corrected chi connectivity index (χ0v) is 18.1. The van der Waals surface area contributed by atoms with Crippen LogP contribution < -0.4 is 0 Å². The number of benzene rings is 3. The van der Waals surface area contributed by atoms with Crippen LogP contribution in [0.25, 0.3) is 37.2 Å². The van der Waals surface area contributed by atoms with E-state index in [1.165, 1.54) is 52.8 Å². The van der Waals surface area contributed by atoms with E-state index in [4.69, 9.17) is 0 Å². The van der Waals surface area contributed by atoms with Crippen molar-refractivity contribution in [2.45, 2.75) is 19.3 Å². The number of halogens is 1. The van der Waals surface area contributed by atoms with Gasteiger partial charge in [-0.3, -0.25) is 0 Å². The molecule has 0 aliphatic carbocycles. The number of thiophene rings is 1. The molecule has 6 rings (SSSR count). The molecule has 1 nitrogen and oxygen atoms in total. The topological polar surface area (TPSA) is 4.93 Å². The molecule has 0 radical (unpaired) electrons. The summed E-state index contributed by atoms with van der Waals surface area (Å²) in [6.07, 6.45) is 0. The van der Waals surface area contributed by atoms with Gasteiger partial charge in [0.25, 0.3) is 0 Å². The second kappa shape index (κ2) is 5.59. The Morgan fingerprint density at radius 1 is 0.821 bits per heavy atom. The molecule has 3 aromatic carbocycles. The van der Waals surface area contributed by atoms with E-state index in [0.29, 0.717) is 0 Å². The lowest BCUT2D eigenvalue weighted by Gasteiger charge is -2.32. The third-order valence-electron chi connectivity index (χ3n) is 6.06. The van der Waals surface area contributed by atoms with Gasteiger partial charge in [0, 0.05) is 26.2 Å². The average molecular weight is 444 g/mol. The number of para-hydroxylation sites is 2. The molecule has 0 bridgehead atoms. The summed E-state index contributed by atoms with van der Waals surface area (Å²) in [6.45, 7) is 4.71. The van der Waals surface area contributed by atoms with E-state index in [2.05, 4.69) is 107 Å². The van der Waals surface area contributed by atoms with Gasteiger partial charge in [-0.2, -0.15) is 0 Å². The minimum Gasteiger partial charge on any atom is -0.300 e. The lowest BCUT2D eigenvalue weighted by atomic mass is 9.76. The summed E-state index contributed by atoms with van der Waals surface area (Å²) < 4.78 is 3.71. The number of fused-ring (bicyclic) bond motifs is 5. The lowest BCUT2D eigenvalue weighted by Crippen LogP contribution is -2.25. The Hall–Kier alpha value is -2.36. The fourth-order valence-electron chi connectivity index (χ4n) is 4.74. The van der Waals surface area contributed by atoms with Gasteiger partial charge in [0.15, 0.2) is 0 Å². The maximum atomic E-state index is 4.00. The highest BCUT2D eigenvalue weighted by molar-refractivity contribution is 9.10. The van der Waals surface area contributed by atoms with Crippen molar-refractivity contribution < 1.29 is 0 Å². The largest absolute Gasteiger partial charge is 0.300 e. The van der Waals surface area contributed by atoms with Crippen LogP contribution in [0.4, 0.5) is 0 Å². The standard InChI is InChI=1S/C25H18BrNS/c1-25(2)18-13-8-12-17-16-11-6-7-14-19(16)27(22(17)18)24-20(25)21(26)23(28-24)15-9-4-3-5-10-15/h3-14H,1-2H3. The molecule has 136 valence electrons. The number of rotatable bonds is 1. The maximum Gasteiger partial charge on any atom is 0.106 e. The Morgan fingerprint density at radius 2 is 1.54 bits per heavy atom. The van der Waals surface area contributed by atoms with E-state index in [1.54, 1.807) is 0 Å². The quantitative estimate of drug-likeness (QED) is 0.248. The Bertz CT molecular complexity index is 1390. The van der Waals surface area contributed by atoms with E-state index in [0.717, 1.165) is 0 Å². The molecule has 1 aliphatic rings. The third-order valence-corrected chi connectivity index (χ3v) is 8.34. The number of nitrogens with zero attached hydrogens (tertiary/aromatic N) is 1. The Balaban J connectivity index is 1.82. The van der Waals surface area contributed by atoms with E-state index in [-0.39, 0.29) is 5.41 Å². The first-order valence-electron chi connectivity index (χ1n) is 9.50. The molecular weight excluding hydrogens is 426 g/mol. The van der Waals surface area contributed by atoms with Crippen LogP contribution >= 0.6 is 27.3 Å². The highest BCUT2D eigenvalue weighted by atomic mass is 79.9. The van der Waals surface area contributed by atoms with Crippen molar-refractivity contribution in [1.29, 1.82) is 0 Å². The summed E-state index contributed by atoms with van der Waals surface area (Å²) in [5.74, 6) is 0. The van der Waals surface area contributed by atoms with Crippen molar-refractivity contribution in [1.82, 2.24) is 4.57 Å². The molecule has 0 amide bonds. The lowest BCUT2D eigenvalue weighted by molar-refractivity contribution is 0.631. The van der Waals surface area contributed by atoms with Crippen molar-refractivity contribution in [3.8, 4) is 15.4 Å². The molecule has 0 N–H and O–H groups in total. The van der Waals surface area contributed by atoms with E-state index in [1.807, 2.05) is 11.3 Å². The first-order chi connectivity index (χ1) is 13.6. The smallest absolute Gasteiger partial charge is 0.106 e. The van der Waals surface area contributed by atoms with Crippen LogP contribution in [0, 0.1) is 0 Å². The number of hydrogen-bond donors (Lipinski definition) is 0. The van der Waals surface area contributed by atoms with Gasteiger partial charge in [-0.05, 0) is 33.1 Å². The summed E-state index contributed by atoms with van der Waals surface area (Å²) in [4.78, 5) is 1.30. The van der Waals surface area contributed by atoms with Crippen LogP contribution in [0.5, 0.6) is 0 Å². The van der Waals surface area contributed by atoms with Crippen LogP contribution in [0.1, 0.15) is 25.0 Å². The van der Waals surface area contributed by atoms with Crippen molar-refractivity contribution in [3.05, 3.63) is 88.4 Å². The number of aromatic nitrogens is 1. The summed E-state index contributed by atoms with van der Waals surface area (Å²) >= 11 is 5.89. The predicted molar refractivity (Wildman–Crippen MR) is 124 cm³/mol.